The first-order chi connectivity index (χ1) is 18.6. The Balaban J connectivity index is 1.39. The number of anilines is 2. The SMILES string of the molecule is CCN1CCN(C(C)(F)c2ccc(Nc3ncc(F)c(-c4cc(F)c5nc(C)n(C(C)C)c5c4)n3)nc2)CC1. The van der Waals surface area contributed by atoms with Crippen LogP contribution in [-0.2, 0) is 5.79 Å². The molecule has 5 rings (SSSR count). The summed E-state index contributed by atoms with van der Waals surface area (Å²) < 4.78 is 47.5. The molecular weight excluding hydrogens is 505 g/mol. The number of aryl methyl sites for hydroxylation is 1. The monoisotopic (exact) mass is 538 g/mol. The van der Waals surface area contributed by atoms with Gasteiger partial charge in [-0.05, 0) is 58.5 Å². The Kier molecular flexibility index (Phi) is 7.30. The molecular formula is C28H33F3N8. The van der Waals surface area contributed by atoms with Crippen molar-refractivity contribution in [1.29, 1.82) is 0 Å². The van der Waals surface area contributed by atoms with E-state index < -0.39 is 17.4 Å². The lowest BCUT2D eigenvalue weighted by Gasteiger charge is -2.41. The number of benzene rings is 1. The molecule has 1 saturated heterocycles. The summed E-state index contributed by atoms with van der Waals surface area (Å²) >= 11 is 0. The van der Waals surface area contributed by atoms with E-state index in [4.69, 9.17) is 0 Å². The fourth-order valence-corrected chi connectivity index (χ4v) is 5.21. The van der Waals surface area contributed by atoms with Crippen LogP contribution in [0.2, 0.25) is 0 Å². The molecule has 0 aliphatic carbocycles. The molecule has 1 atom stereocenters. The molecule has 0 saturated carbocycles. The van der Waals surface area contributed by atoms with Crippen LogP contribution < -0.4 is 5.32 Å². The van der Waals surface area contributed by atoms with Gasteiger partial charge in [-0.1, -0.05) is 6.92 Å². The molecule has 39 heavy (non-hydrogen) atoms. The summed E-state index contributed by atoms with van der Waals surface area (Å²) in [4.78, 5) is 21.1. The van der Waals surface area contributed by atoms with Crippen LogP contribution in [0.4, 0.5) is 24.9 Å². The first kappa shape index (κ1) is 27.0. The predicted molar refractivity (Wildman–Crippen MR) is 145 cm³/mol. The van der Waals surface area contributed by atoms with Crippen LogP contribution in [0.15, 0.2) is 36.7 Å². The van der Waals surface area contributed by atoms with Crippen molar-refractivity contribution < 1.29 is 13.2 Å². The van der Waals surface area contributed by atoms with Gasteiger partial charge >= 0.3 is 0 Å². The topological polar surface area (TPSA) is 75.0 Å². The maximum atomic E-state index is 15.8. The second kappa shape index (κ2) is 10.5. The van der Waals surface area contributed by atoms with Crippen molar-refractivity contribution in [3.63, 3.8) is 0 Å². The van der Waals surface area contributed by atoms with Gasteiger partial charge in [-0.2, -0.15) is 0 Å². The number of nitrogens with one attached hydrogen (secondary N) is 1. The summed E-state index contributed by atoms with van der Waals surface area (Å²) in [7, 11) is 0. The lowest BCUT2D eigenvalue weighted by molar-refractivity contribution is -0.0511. The van der Waals surface area contributed by atoms with Crippen molar-refractivity contribution in [2.75, 3.05) is 38.0 Å². The van der Waals surface area contributed by atoms with E-state index in [2.05, 4.69) is 37.1 Å². The smallest absolute Gasteiger partial charge is 0.229 e. The zero-order valence-corrected chi connectivity index (χ0v) is 22.8. The Morgan fingerprint density at radius 1 is 1.00 bits per heavy atom. The van der Waals surface area contributed by atoms with Gasteiger partial charge in [-0.15, -0.1) is 0 Å². The quantitative estimate of drug-likeness (QED) is 0.308. The Bertz CT molecular complexity index is 1470. The molecule has 1 aromatic carbocycles. The second-order valence-electron chi connectivity index (χ2n) is 10.3. The zero-order chi connectivity index (χ0) is 27.9. The highest BCUT2D eigenvalue weighted by Crippen LogP contribution is 2.32. The number of hydrogen-bond donors (Lipinski definition) is 1. The van der Waals surface area contributed by atoms with E-state index >= 15 is 4.39 Å². The Morgan fingerprint density at radius 2 is 1.74 bits per heavy atom. The molecule has 3 aromatic heterocycles. The van der Waals surface area contributed by atoms with Gasteiger partial charge in [-0.25, -0.2) is 33.1 Å². The van der Waals surface area contributed by atoms with Crippen LogP contribution in [0.25, 0.3) is 22.3 Å². The number of piperazine rings is 1. The zero-order valence-electron chi connectivity index (χ0n) is 22.8. The maximum absolute atomic E-state index is 15.8. The van der Waals surface area contributed by atoms with Gasteiger partial charge in [0.15, 0.2) is 17.4 Å². The summed E-state index contributed by atoms with van der Waals surface area (Å²) in [6.07, 6.45) is 2.51. The molecule has 206 valence electrons. The molecule has 0 spiro atoms. The van der Waals surface area contributed by atoms with Crippen molar-refractivity contribution in [3.05, 3.63) is 59.7 Å². The van der Waals surface area contributed by atoms with Gasteiger partial charge in [0.25, 0.3) is 0 Å². The van der Waals surface area contributed by atoms with Crippen LogP contribution >= 0.6 is 0 Å². The molecule has 1 unspecified atom stereocenters. The molecule has 8 nitrogen and oxygen atoms in total. The minimum atomic E-state index is -1.66. The third-order valence-electron chi connectivity index (χ3n) is 7.40. The van der Waals surface area contributed by atoms with Crippen LogP contribution in [0.1, 0.15) is 45.1 Å². The average Bonchev–Trinajstić information content (AvgIpc) is 3.26. The molecule has 0 bridgehead atoms. The number of pyridine rings is 1. The van der Waals surface area contributed by atoms with Crippen molar-refractivity contribution in [2.45, 2.75) is 46.5 Å². The number of nitrogens with zero attached hydrogens (tertiary/aromatic N) is 7. The number of aromatic nitrogens is 5. The normalized spacial score (nSPS) is 16.6. The van der Waals surface area contributed by atoms with E-state index in [9.17, 15) is 8.78 Å². The van der Waals surface area contributed by atoms with Crippen molar-refractivity contribution in [2.24, 2.45) is 0 Å². The number of likely N-dealkylation sites (N-methyl/N-ethyl adjacent to an activating group) is 1. The number of imidazole rings is 1. The predicted octanol–water partition coefficient (Wildman–Crippen LogP) is 5.58. The summed E-state index contributed by atoms with van der Waals surface area (Å²) in [5, 5.41) is 2.94. The van der Waals surface area contributed by atoms with E-state index in [0.29, 0.717) is 35.8 Å². The summed E-state index contributed by atoms with van der Waals surface area (Å²) in [6.45, 7) is 13.3. The van der Waals surface area contributed by atoms with Crippen LogP contribution in [-0.4, -0.2) is 67.0 Å². The van der Waals surface area contributed by atoms with Gasteiger partial charge in [-0.3, -0.25) is 4.90 Å². The van der Waals surface area contributed by atoms with Crippen LogP contribution in [0.5, 0.6) is 0 Å². The fourth-order valence-electron chi connectivity index (χ4n) is 5.21. The van der Waals surface area contributed by atoms with E-state index in [0.717, 1.165) is 25.8 Å². The number of fused-ring (bicyclic) bond motifs is 1. The van der Waals surface area contributed by atoms with Gasteiger partial charge in [0.05, 0.1) is 11.7 Å². The number of hydrogen-bond acceptors (Lipinski definition) is 7. The first-order valence-electron chi connectivity index (χ1n) is 13.2. The van der Waals surface area contributed by atoms with Crippen molar-refractivity contribution in [1.82, 2.24) is 34.3 Å². The van der Waals surface area contributed by atoms with E-state index in [1.807, 2.05) is 30.2 Å². The molecule has 0 amide bonds. The van der Waals surface area contributed by atoms with Crippen molar-refractivity contribution in [3.8, 4) is 11.3 Å². The lowest BCUT2D eigenvalue weighted by atomic mass is 10.1. The highest BCUT2D eigenvalue weighted by molar-refractivity contribution is 5.83. The standard InChI is InChI=1S/C28H33F3N8/c1-6-37-9-11-38(12-10-37)28(5,31)20-7-8-24(32-15-20)35-27-33-16-22(30)25(36-27)19-13-21(29)26-23(14-19)39(17(2)3)18(4)34-26/h7-8,13-17H,6,9-12H2,1-5H3,(H,32,33,35,36). The Hall–Kier alpha value is -3.57. The average molecular weight is 539 g/mol. The largest absolute Gasteiger partial charge is 0.326 e. The van der Waals surface area contributed by atoms with Gasteiger partial charge < -0.3 is 14.8 Å². The molecule has 1 aliphatic heterocycles. The molecule has 4 aromatic rings. The highest BCUT2D eigenvalue weighted by atomic mass is 19.1. The first-order valence-corrected chi connectivity index (χ1v) is 13.2. The van der Waals surface area contributed by atoms with Crippen LogP contribution in [0, 0.1) is 18.6 Å². The van der Waals surface area contributed by atoms with Crippen molar-refractivity contribution >= 4 is 22.8 Å². The Labute approximate surface area is 225 Å². The third kappa shape index (κ3) is 5.20. The van der Waals surface area contributed by atoms with Crippen LogP contribution in [0.3, 0.4) is 0 Å². The van der Waals surface area contributed by atoms with Gasteiger partial charge in [0.2, 0.25) is 5.95 Å². The third-order valence-corrected chi connectivity index (χ3v) is 7.40. The van der Waals surface area contributed by atoms with E-state index in [-0.39, 0.29) is 28.8 Å². The molecule has 1 fully saturated rings. The highest BCUT2D eigenvalue weighted by Gasteiger charge is 2.35. The number of rotatable bonds is 7. The van der Waals surface area contributed by atoms with E-state index in [1.54, 1.807) is 25.1 Å². The molecule has 1 N–H and O–H groups in total. The van der Waals surface area contributed by atoms with E-state index in [1.165, 1.54) is 12.3 Å². The molecule has 1 aliphatic rings. The Morgan fingerprint density at radius 3 is 2.38 bits per heavy atom. The summed E-state index contributed by atoms with van der Waals surface area (Å²) in [5.41, 5.74) is 1.45. The molecule has 0 radical (unpaired) electrons. The second-order valence-corrected chi connectivity index (χ2v) is 10.3. The summed E-state index contributed by atoms with van der Waals surface area (Å²) in [6, 6.07) is 6.26. The minimum Gasteiger partial charge on any atom is -0.326 e. The fraction of sp³-hybridized carbons (Fsp3) is 0.429. The molecule has 11 heteroatoms. The maximum Gasteiger partial charge on any atom is 0.229 e. The number of alkyl halides is 1. The summed E-state index contributed by atoms with van der Waals surface area (Å²) in [5.74, 6) is -1.78. The lowest BCUT2D eigenvalue weighted by Crippen LogP contribution is -2.52. The number of halogens is 3. The van der Waals surface area contributed by atoms with Gasteiger partial charge in [0.1, 0.15) is 22.9 Å². The van der Waals surface area contributed by atoms with Gasteiger partial charge in [0, 0.05) is 49.5 Å². The minimum absolute atomic E-state index is 0.0401. The molecule has 4 heterocycles.